The van der Waals surface area contributed by atoms with Crippen molar-refractivity contribution in [2.45, 2.75) is 6.92 Å². The molecule has 1 unspecified atom stereocenters. The van der Waals surface area contributed by atoms with Crippen molar-refractivity contribution in [1.29, 1.82) is 0 Å². The van der Waals surface area contributed by atoms with E-state index in [0.717, 1.165) is 22.3 Å². The summed E-state index contributed by atoms with van der Waals surface area (Å²) in [6.07, 6.45) is 5.54. The molecule has 0 amide bonds. The van der Waals surface area contributed by atoms with E-state index >= 15 is 0 Å². The summed E-state index contributed by atoms with van der Waals surface area (Å²) in [5.41, 5.74) is 10.2. The Labute approximate surface area is 161 Å². The molecule has 1 aliphatic heterocycles. The molecule has 0 spiro atoms. The number of hydrogen-bond donors (Lipinski definition) is 1. The van der Waals surface area contributed by atoms with Crippen molar-refractivity contribution in [3.8, 4) is 0 Å². The molecular weight excluding hydrogens is 356 g/mol. The Morgan fingerprint density at radius 2 is 1.70 bits per heavy atom. The molecule has 140 valence electrons. The van der Waals surface area contributed by atoms with Crippen LogP contribution < -0.4 is 9.62 Å². The monoisotopic (exact) mass is 381 g/mol. The van der Waals surface area contributed by atoms with E-state index in [2.05, 4.69) is 6.58 Å². The molecule has 0 saturated carbocycles. The summed E-state index contributed by atoms with van der Waals surface area (Å²) in [7, 11) is -3.43. The zero-order valence-corrected chi connectivity index (χ0v) is 16.3. The van der Waals surface area contributed by atoms with Crippen LogP contribution in [0.2, 0.25) is 0 Å². The van der Waals surface area contributed by atoms with Gasteiger partial charge >= 0.3 is 10.0 Å². The van der Waals surface area contributed by atoms with Crippen LogP contribution in [0.4, 0.5) is 5.69 Å². The van der Waals surface area contributed by atoms with E-state index in [1.807, 2.05) is 66.7 Å². The van der Waals surface area contributed by atoms with Crippen LogP contribution in [-0.2, 0) is 10.0 Å². The molecular formula is C22H25N2O2S+. The average molecular weight is 382 g/mol. The van der Waals surface area contributed by atoms with Gasteiger partial charge in [-0.25, -0.2) is 0 Å². The fourth-order valence-electron chi connectivity index (χ4n) is 3.33. The van der Waals surface area contributed by atoms with Crippen LogP contribution in [0.1, 0.15) is 18.1 Å². The molecule has 3 rings (SSSR count). The summed E-state index contributed by atoms with van der Waals surface area (Å²) in [5.74, 6) is 0.0493. The minimum atomic E-state index is -3.43. The first-order valence-corrected chi connectivity index (χ1v) is 10.6. The Bertz CT molecular complexity index is 990. The Morgan fingerprint density at radius 1 is 1.07 bits per heavy atom. The molecule has 0 radical (unpaired) electrons. The van der Waals surface area contributed by atoms with Gasteiger partial charge in [0.1, 0.15) is 12.7 Å². The molecule has 1 aliphatic rings. The van der Waals surface area contributed by atoms with Crippen LogP contribution in [0, 0.1) is 0 Å². The molecule has 4 nitrogen and oxygen atoms in total. The van der Waals surface area contributed by atoms with Crippen molar-refractivity contribution in [1.82, 2.24) is 3.89 Å². The third-order valence-electron chi connectivity index (χ3n) is 4.95. The van der Waals surface area contributed by atoms with Crippen molar-refractivity contribution in [2.75, 3.05) is 18.8 Å². The molecule has 2 aromatic rings. The fraction of sp³-hybridized carbons (Fsp3) is 0.182. The van der Waals surface area contributed by atoms with Crippen LogP contribution in [0.25, 0.3) is 5.57 Å². The summed E-state index contributed by atoms with van der Waals surface area (Å²) < 4.78 is 25.8. The number of quaternary nitrogens is 1. The van der Waals surface area contributed by atoms with Crippen molar-refractivity contribution in [2.24, 2.45) is 5.73 Å². The second-order valence-electron chi connectivity index (χ2n) is 6.55. The van der Waals surface area contributed by atoms with E-state index in [1.54, 1.807) is 13.1 Å². The standard InChI is InChI=1S/C22H25N2O2S/c1-3-27(25,26)24(15-7-8-19(16-23)17-24)22-13-11-21(12-14-22)18(2)20-9-5-4-6-10-20/h4-14,17H,2-3,15-16,23H2,1H3/q+1. The summed E-state index contributed by atoms with van der Waals surface area (Å²) in [5, 5.41) is 0. The lowest BCUT2D eigenvalue weighted by Gasteiger charge is -2.34. The number of benzene rings is 2. The molecule has 5 heteroatoms. The number of nitrogens with zero attached hydrogens (tertiary/aromatic N) is 1. The van der Waals surface area contributed by atoms with Gasteiger partial charge in [-0.05, 0) is 41.8 Å². The molecule has 0 aliphatic carbocycles. The average Bonchev–Trinajstić information content (AvgIpc) is 2.73. The van der Waals surface area contributed by atoms with Gasteiger partial charge in [-0.15, -0.1) is 0 Å². The predicted molar refractivity (Wildman–Crippen MR) is 113 cm³/mol. The lowest BCUT2D eigenvalue weighted by atomic mass is 9.99. The first-order valence-electron chi connectivity index (χ1n) is 8.98. The summed E-state index contributed by atoms with van der Waals surface area (Å²) in [6, 6.07) is 17.6. The Morgan fingerprint density at radius 3 is 2.30 bits per heavy atom. The molecule has 2 aromatic carbocycles. The number of rotatable bonds is 6. The van der Waals surface area contributed by atoms with Crippen LogP contribution in [-0.4, -0.2) is 27.3 Å². The summed E-state index contributed by atoms with van der Waals surface area (Å²) in [4.78, 5) is 0. The summed E-state index contributed by atoms with van der Waals surface area (Å²) >= 11 is 0. The molecule has 0 fully saturated rings. The number of hydrogen-bond acceptors (Lipinski definition) is 3. The van der Waals surface area contributed by atoms with Gasteiger partial charge in [0.05, 0.1) is 5.75 Å². The molecule has 1 atom stereocenters. The molecule has 2 N–H and O–H groups in total. The second kappa shape index (κ2) is 7.64. The van der Waals surface area contributed by atoms with E-state index in [0.29, 0.717) is 18.8 Å². The quantitative estimate of drug-likeness (QED) is 0.774. The van der Waals surface area contributed by atoms with Crippen molar-refractivity contribution in [3.63, 3.8) is 0 Å². The van der Waals surface area contributed by atoms with Gasteiger partial charge in [-0.1, -0.05) is 43.0 Å². The number of nitrogens with two attached hydrogens (primary N) is 1. The topological polar surface area (TPSA) is 60.2 Å². The highest BCUT2D eigenvalue weighted by Gasteiger charge is 2.42. The van der Waals surface area contributed by atoms with Gasteiger partial charge in [0.25, 0.3) is 0 Å². The lowest BCUT2D eigenvalue weighted by Crippen LogP contribution is -2.51. The highest BCUT2D eigenvalue weighted by molar-refractivity contribution is 7.91. The van der Waals surface area contributed by atoms with Gasteiger partial charge in [-0.3, -0.25) is 0 Å². The predicted octanol–water partition coefficient (Wildman–Crippen LogP) is 3.82. The van der Waals surface area contributed by atoms with Crippen LogP contribution in [0.3, 0.4) is 0 Å². The van der Waals surface area contributed by atoms with Gasteiger partial charge < -0.3 is 5.73 Å². The van der Waals surface area contributed by atoms with E-state index in [9.17, 15) is 8.42 Å². The van der Waals surface area contributed by atoms with Crippen molar-refractivity contribution >= 4 is 21.3 Å². The minimum absolute atomic E-state index is 0.0493. The lowest BCUT2D eigenvalue weighted by molar-refractivity contribution is 0.511. The van der Waals surface area contributed by atoms with Crippen LogP contribution >= 0.6 is 0 Å². The fourth-order valence-corrected chi connectivity index (χ4v) is 4.84. The SMILES string of the molecule is C=C(c1ccccc1)c1ccc([N+]2(S(=O)(=O)CC)C=C(CN)C=CC2)cc1. The normalized spacial score (nSPS) is 19.6. The van der Waals surface area contributed by atoms with E-state index in [1.165, 1.54) is 0 Å². The van der Waals surface area contributed by atoms with Crippen molar-refractivity contribution < 1.29 is 8.42 Å². The zero-order chi connectivity index (χ0) is 19.5. The largest absolute Gasteiger partial charge is 0.326 e. The molecule has 0 saturated heterocycles. The smallest absolute Gasteiger partial charge is 0.306 e. The van der Waals surface area contributed by atoms with E-state index in [4.69, 9.17) is 5.73 Å². The Balaban J connectivity index is 2.04. The Kier molecular flexibility index (Phi) is 5.46. The van der Waals surface area contributed by atoms with Gasteiger partial charge in [-0.2, -0.15) is 12.3 Å². The number of sulfonamides is 1. The highest BCUT2D eigenvalue weighted by Crippen LogP contribution is 2.34. The molecule has 27 heavy (non-hydrogen) atoms. The first kappa shape index (κ1) is 19.3. The molecule has 0 aromatic heterocycles. The minimum Gasteiger partial charge on any atom is -0.326 e. The molecule has 0 bridgehead atoms. The maximum Gasteiger partial charge on any atom is 0.306 e. The van der Waals surface area contributed by atoms with Crippen LogP contribution in [0.15, 0.2) is 85.1 Å². The van der Waals surface area contributed by atoms with Gasteiger partial charge in [0.2, 0.25) is 0 Å². The first-order chi connectivity index (χ1) is 12.9. The molecule has 1 heterocycles. The maximum absolute atomic E-state index is 13.0. The van der Waals surface area contributed by atoms with Crippen molar-refractivity contribution in [3.05, 3.63) is 96.2 Å². The third kappa shape index (κ3) is 3.54. The van der Waals surface area contributed by atoms with Crippen LogP contribution in [0.5, 0.6) is 0 Å². The second-order valence-corrected chi connectivity index (χ2v) is 8.94. The van der Waals surface area contributed by atoms with E-state index < -0.39 is 10.0 Å². The highest BCUT2D eigenvalue weighted by atomic mass is 32.2. The van der Waals surface area contributed by atoms with E-state index in [-0.39, 0.29) is 9.64 Å². The third-order valence-corrected chi connectivity index (χ3v) is 7.14. The zero-order valence-electron chi connectivity index (χ0n) is 15.5. The van der Waals surface area contributed by atoms with Gasteiger partial charge in [0, 0.05) is 24.3 Å². The van der Waals surface area contributed by atoms with Gasteiger partial charge in [0.15, 0.2) is 5.69 Å². The summed E-state index contributed by atoms with van der Waals surface area (Å²) in [6.45, 7) is 6.52. The maximum atomic E-state index is 13.0. The Hall–Kier alpha value is -2.47.